The topological polar surface area (TPSA) is 48.0 Å². The van der Waals surface area contributed by atoms with Crippen LogP contribution in [0, 0.1) is 6.92 Å². The number of nitrogens with two attached hydrogens (primary N) is 1. The molecule has 1 aliphatic carbocycles. The first-order valence-corrected chi connectivity index (χ1v) is 11.0. The second-order valence-corrected chi connectivity index (χ2v) is 8.45. The lowest BCUT2D eigenvalue weighted by Gasteiger charge is -2.21. The molecule has 0 saturated heterocycles. The molecule has 1 unspecified atom stereocenters. The summed E-state index contributed by atoms with van der Waals surface area (Å²) >= 11 is 0. The normalized spacial score (nSPS) is 15.7. The molecule has 1 aliphatic rings. The van der Waals surface area contributed by atoms with Crippen LogP contribution in [0.15, 0.2) is 48.5 Å². The average Bonchev–Trinajstić information content (AvgIpc) is 3.30. The predicted molar refractivity (Wildman–Crippen MR) is 120 cm³/mol. The van der Waals surface area contributed by atoms with Gasteiger partial charge in [0.05, 0.1) is 17.2 Å². The van der Waals surface area contributed by atoms with E-state index < -0.39 is 17.6 Å². The molecule has 168 valence electrons. The summed E-state index contributed by atoms with van der Waals surface area (Å²) in [5.41, 5.74) is 11.1. The van der Waals surface area contributed by atoms with Crippen LogP contribution in [0.5, 0.6) is 0 Å². The van der Waals surface area contributed by atoms with Crippen molar-refractivity contribution in [3.05, 3.63) is 82.2 Å². The molecule has 0 bridgehead atoms. The number of benzene rings is 2. The smallest absolute Gasteiger partial charge is 0.366 e. The Hall–Kier alpha value is -3.02. The summed E-state index contributed by atoms with van der Waals surface area (Å²) in [6, 6.07) is 13.4. The number of carbonyl (C=O) groups excluding carboxylic acids is 1. The molecule has 3 aromatic rings. The van der Waals surface area contributed by atoms with Crippen LogP contribution in [-0.2, 0) is 19.0 Å². The minimum Gasteiger partial charge on any atom is -0.366 e. The van der Waals surface area contributed by atoms with Gasteiger partial charge in [-0.1, -0.05) is 49.7 Å². The first kappa shape index (κ1) is 22.2. The highest BCUT2D eigenvalue weighted by Gasteiger charge is 2.33. The molecule has 0 radical (unpaired) electrons. The zero-order valence-electron chi connectivity index (χ0n) is 18.3. The van der Waals surface area contributed by atoms with Gasteiger partial charge >= 0.3 is 6.18 Å². The monoisotopic (exact) mass is 440 g/mol. The van der Waals surface area contributed by atoms with Gasteiger partial charge in [0.25, 0.3) is 5.91 Å². The SMILES string of the molecule is CCCCc1c(-c2ccc(C(F)(F)F)cc2)c(C(N)=O)c(C)n1C1CCc2ccccc21. The molecule has 0 spiro atoms. The third kappa shape index (κ3) is 3.83. The molecule has 0 fully saturated rings. The molecule has 32 heavy (non-hydrogen) atoms. The lowest BCUT2D eigenvalue weighted by molar-refractivity contribution is -0.137. The number of nitrogens with zero attached hydrogens (tertiary/aromatic N) is 1. The molecule has 1 aromatic heterocycles. The summed E-state index contributed by atoms with van der Waals surface area (Å²) in [6.45, 7) is 3.99. The van der Waals surface area contributed by atoms with Crippen molar-refractivity contribution in [2.75, 3.05) is 0 Å². The fourth-order valence-electron chi connectivity index (χ4n) is 5.02. The number of rotatable bonds is 6. The van der Waals surface area contributed by atoms with Crippen LogP contribution in [0.25, 0.3) is 11.1 Å². The summed E-state index contributed by atoms with van der Waals surface area (Å²) < 4.78 is 41.5. The van der Waals surface area contributed by atoms with Crippen LogP contribution in [0.2, 0.25) is 0 Å². The van der Waals surface area contributed by atoms with E-state index in [-0.39, 0.29) is 6.04 Å². The van der Waals surface area contributed by atoms with Gasteiger partial charge in [0.2, 0.25) is 0 Å². The van der Waals surface area contributed by atoms with Crippen LogP contribution in [0.4, 0.5) is 13.2 Å². The Balaban J connectivity index is 1.93. The van der Waals surface area contributed by atoms with Crippen molar-refractivity contribution in [3.63, 3.8) is 0 Å². The average molecular weight is 441 g/mol. The van der Waals surface area contributed by atoms with Crippen molar-refractivity contribution in [1.29, 1.82) is 0 Å². The summed E-state index contributed by atoms with van der Waals surface area (Å²) in [4.78, 5) is 12.6. The van der Waals surface area contributed by atoms with E-state index in [0.29, 0.717) is 16.7 Å². The summed E-state index contributed by atoms with van der Waals surface area (Å²) in [6.07, 6.45) is 0.0461. The Kier molecular flexibility index (Phi) is 5.89. The van der Waals surface area contributed by atoms with Crippen LogP contribution >= 0.6 is 0 Å². The van der Waals surface area contributed by atoms with E-state index >= 15 is 0 Å². The number of unbranched alkanes of at least 4 members (excludes halogenated alkanes) is 1. The zero-order chi connectivity index (χ0) is 23.0. The lowest BCUT2D eigenvalue weighted by Crippen LogP contribution is -2.15. The van der Waals surface area contributed by atoms with Gasteiger partial charge in [0.15, 0.2) is 0 Å². The highest BCUT2D eigenvalue weighted by molar-refractivity contribution is 6.02. The fourth-order valence-corrected chi connectivity index (χ4v) is 5.02. The zero-order valence-corrected chi connectivity index (χ0v) is 18.3. The number of aromatic nitrogens is 1. The maximum absolute atomic E-state index is 13.1. The Labute approximate surface area is 186 Å². The molecule has 0 aliphatic heterocycles. The number of hydrogen-bond donors (Lipinski definition) is 1. The van der Waals surface area contributed by atoms with Gasteiger partial charge in [-0.3, -0.25) is 4.79 Å². The Morgan fingerprint density at radius 2 is 1.81 bits per heavy atom. The number of hydrogen-bond acceptors (Lipinski definition) is 1. The minimum atomic E-state index is -4.41. The third-order valence-corrected chi connectivity index (χ3v) is 6.48. The molecular weight excluding hydrogens is 413 g/mol. The summed E-state index contributed by atoms with van der Waals surface area (Å²) in [5, 5.41) is 0. The van der Waals surface area contributed by atoms with E-state index in [1.54, 1.807) is 0 Å². The van der Waals surface area contributed by atoms with Crippen molar-refractivity contribution in [2.24, 2.45) is 5.73 Å². The molecule has 0 saturated carbocycles. The van der Waals surface area contributed by atoms with E-state index in [1.165, 1.54) is 23.3 Å². The van der Waals surface area contributed by atoms with E-state index in [1.807, 2.05) is 19.1 Å². The van der Waals surface area contributed by atoms with Gasteiger partial charge in [-0.15, -0.1) is 0 Å². The van der Waals surface area contributed by atoms with E-state index in [0.717, 1.165) is 55.6 Å². The molecular formula is C26H27F3N2O. The number of amides is 1. The van der Waals surface area contributed by atoms with E-state index in [9.17, 15) is 18.0 Å². The number of halogens is 3. The third-order valence-electron chi connectivity index (χ3n) is 6.48. The van der Waals surface area contributed by atoms with Gasteiger partial charge in [0.1, 0.15) is 0 Å². The van der Waals surface area contributed by atoms with Crippen molar-refractivity contribution >= 4 is 5.91 Å². The van der Waals surface area contributed by atoms with Crippen LogP contribution < -0.4 is 5.73 Å². The Morgan fingerprint density at radius 1 is 1.12 bits per heavy atom. The quantitative estimate of drug-likeness (QED) is 0.470. The lowest BCUT2D eigenvalue weighted by atomic mass is 9.96. The first-order chi connectivity index (χ1) is 15.2. The van der Waals surface area contributed by atoms with Gasteiger partial charge in [-0.05, 0) is 61.4 Å². The number of fused-ring (bicyclic) bond motifs is 1. The molecule has 3 nitrogen and oxygen atoms in total. The van der Waals surface area contributed by atoms with Gasteiger partial charge < -0.3 is 10.3 Å². The van der Waals surface area contributed by atoms with Crippen LogP contribution in [0.1, 0.15) is 70.7 Å². The van der Waals surface area contributed by atoms with Crippen LogP contribution in [-0.4, -0.2) is 10.5 Å². The fraction of sp³-hybridized carbons (Fsp3) is 0.346. The Morgan fingerprint density at radius 3 is 2.44 bits per heavy atom. The number of carbonyl (C=O) groups is 1. The number of primary amides is 1. The first-order valence-electron chi connectivity index (χ1n) is 11.0. The van der Waals surface area contributed by atoms with Crippen molar-refractivity contribution in [2.45, 2.75) is 58.2 Å². The summed E-state index contributed by atoms with van der Waals surface area (Å²) in [7, 11) is 0. The second-order valence-electron chi connectivity index (χ2n) is 8.45. The molecule has 6 heteroatoms. The van der Waals surface area contributed by atoms with Gasteiger partial charge in [-0.2, -0.15) is 13.2 Å². The van der Waals surface area contributed by atoms with E-state index in [2.05, 4.69) is 23.6 Å². The maximum atomic E-state index is 13.1. The number of alkyl halides is 3. The van der Waals surface area contributed by atoms with Gasteiger partial charge in [-0.25, -0.2) is 0 Å². The minimum absolute atomic E-state index is 0.0827. The standard InChI is InChI=1S/C26H27F3N2O/c1-3-4-9-22-24(18-10-13-19(14-11-18)26(27,28)29)23(25(30)32)16(2)31(22)21-15-12-17-7-5-6-8-20(17)21/h5-8,10-11,13-14,21H,3-4,9,12,15H2,1-2H3,(H2,30,32). The second kappa shape index (κ2) is 8.49. The maximum Gasteiger partial charge on any atom is 0.416 e. The van der Waals surface area contributed by atoms with Crippen molar-refractivity contribution < 1.29 is 18.0 Å². The van der Waals surface area contributed by atoms with Gasteiger partial charge in [0, 0.05) is 17.0 Å². The number of aryl methyl sites for hydroxylation is 1. The highest BCUT2D eigenvalue weighted by Crippen LogP contribution is 2.42. The molecule has 1 atom stereocenters. The van der Waals surface area contributed by atoms with Crippen molar-refractivity contribution in [3.8, 4) is 11.1 Å². The largest absolute Gasteiger partial charge is 0.416 e. The van der Waals surface area contributed by atoms with Crippen LogP contribution in [0.3, 0.4) is 0 Å². The Bertz CT molecular complexity index is 1140. The summed E-state index contributed by atoms with van der Waals surface area (Å²) in [5.74, 6) is -0.555. The van der Waals surface area contributed by atoms with Crippen molar-refractivity contribution in [1.82, 2.24) is 4.57 Å². The molecule has 1 amide bonds. The molecule has 2 N–H and O–H groups in total. The van der Waals surface area contributed by atoms with E-state index in [4.69, 9.17) is 5.73 Å². The predicted octanol–water partition coefficient (Wildman–Crippen LogP) is 6.46. The molecule has 2 aromatic carbocycles. The highest BCUT2D eigenvalue weighted by atomic mass is 19.4. The molecule has 1 heterocycles. The molecule has 4 rings (SSSR count).